The molecule has 0 radical (unpaired) electrons. The van der Waals surface area contributed by atoms with Crippen LogP contribution in [0.15, 0.2) is 30.6 Å². The molecule has 3 rings (SSSR count). The molecule has 2 N–H and O–H groups in total. The zero-order valence-corrected chi connectivity index (χ0v) is 16.0. The molecule has 2 heterocycles. The number of carbonyl (C=O) groups is 1. The normalized spacial score (nSPS) is 15.5. The second kappa shape index (κ2) is 9.36. The Morgan fingerprint density at radius 1 is 1.33 bits per heavy atom. The molecule has 0 bridgehead atoms. The van der Waals surface area contributed by atoms with E-state index in [9.17, 15) is 4.79 Å². The number of aromatic nitrogens is 3. The summed E-state index contributed by atoms with van der Waals surface area (Å²) in [5, 5.41) is 13.8. The molecule has 0 unspecified atom stereocenters. The van der Waals surface area contributed by atoms with E-state index in [1.165, 1.54) is 5.56 Å². The van der Waals surface area contributed by atoms with E-state index in [2.05, 4.69) is 37.9 Å². The minimum Gasteiger partial charge on any atom is -0.497 e. The van der Waals surface area contributed by atoms with Crippen LogP contribution >= 0.6 is 0 Å². The maximum absolute atomic E-state index is 12.1. The smallest absolute Gasteiger partial charge is 0.315 e. The maximum Gasteiger partial charge on any atom is 0.315 e. The quantitative estimate of drug-likeness (QED) is 0.774. The van der Waals surface area contributed by atoms with Gasteiger partial charge in [0.15, 0.2) is 5.82 Å². The fourth-order valence-electron chi connectivity index (χ4n) is 3.34. The molecule has 2 aromatic rings. The molecule has 8 nitrogen and oxygen atoms in total. The van der Waals surface area contributed by atoms with Gasteiger partial charge in [-0.2, -0.15) is 0 Å². The van der Waals surface area contributed by atoms with Crippen molar-refractivity contribution in [2.24, 2.45) is 0 Å². The number of methoxy groups -OCH3 is 1. The first-order valence-corrected chi connectivity index (χ1v) is 9.44. The Morgan fingerprint density at radius 2 is 2.15 bits per heavy atom. The predicted octanol–water partition coefficient (Wildman–Crippen LogP) is 1.77. The number of urea groups is 1. The van der Waals surface area contributed by atoms with E-state index in [4.69, 9.17) is 4.74 Å². The largest absolute Gasteiger partial charge is 0.497 e. The summed E-state index contributed by atoms with van der Waals surface area (Å²) in [7, 11) is 1.69. The molecule has 0 aliphatic carbocycles. The van der Waals surface area contributed by atoms with Gasteiger partial charge >= 0.3 is 6.03 Å². The number of carbonyl (C=O) groups excluding carboxylic acids is 1. The predicted molar refractivity (Wildman–Crippen MR) is 102 cm³/mol. The summed E-state index contributed by atoms with van der Waals surface area (Å²) in [6.45, 7) is 6.03. The van der Waals surface area contributed by atoms with Crippen molar-refractivity contribution < 1.29 is 9.53 Å². The number of ether oxygens (including phenoxy) is 1. The van der Waals surface area contributed by atoms with E-state index >= 15 is 0 Å². The third kappa shape index (κ3) is 5.43. The molecule has 0 atom stereocenters. The van der Waals surface area contributed by atoms with Crippen LogP contribution in [0.3, 0.4) is 0 Å². The zero-order valence-electron chi connectivity index (χ0n) is 16.0. The van der Waals surface area contributed by atoms with Gasteiger partial charge in [0.25, 0.3) is 0 Å². The highest BCUT2D eigenvalue weighted by Gasteiger charge is 2.21. The second-order valence-corrected chi connectivity index (χ2v) is 6.76. The average Bonchev–Trinajstić information content (AvgIpc) is 3.16. The molecular formula is C19H28N6O2. The Bertz CT molecular complexity index is 739. The molecule has 1 aliphatic rings. The van der Waals surface area contributed by atoms with Gasteiger partial charge in [-0.25, -0.2) is 4.79 Å². The lowest BCUT2D eigenvalue weighted by Crippen LogP contribution is -2.47. The number of likely N-dealkylation sites (tertiary alicyclic amines) is 1. The molecule has 0 spiro atoms. The van der Waals surface area contributed by atoms with Crippen LogP contribution in [0.2, 0.25) is 0 Å². The van der Waals surface area contributed by atoms with Crippen LogP contribution in [-0.4, -0.2) is 51.9 Å². The molecule has 1 fully saturated rings. The lowest BCUT2D eigenvalue weighted by Gasteiger charge is -2.32. The number of aryl methyl sites for hydroxylation is 1. The third-order valence-corrected chi connectivity index (χ3v) is 4.91. The van der Waals surface area contributed by atoms with Gasteiger partial charge in [-0.3, -0.25) is 4.90 Å². The number of hydrogen-bond donors (Lipinski definition) is 2. The van der Waals surface area contributed by atoms with Crippen LogP contribution < -0.4 is 15.4 Å². The second-order valence-electron chi connectivity index (χ2n) is 6.76. The molecule has 1 aliphatic heterocycles. The summed E-state index contributed by atoms with van der Waals surface area (Å²) in [5.41, 5.74) is 1.25. The number of piperidine rings is 1. The lowest BCUT2D eigenvalue weighted by molar-refractivity contribution is 0.186. The summed E-state index contributed by atoms with van der Waals surface area (Å²) in [6.07, 6.45) is 3.57. The Balaban J connectivity index is 1.39. The summed E-state index contributed by atoms with van der Waals surface area (Å²) in [6, 6.07) is 8.23. The standard InChI is InChI=1S/C19H28N6O2/c1-3-25-14-21-23-18(25)12-20-19(26)22-16-7-9-24(10-8-16)13-15-5-4-6-17(11-15)27-2/h4-6,11,14,16H,3,7-10,12-13H2,1-2H3,(H2,20,22,26). The third-order valence-electron chi connectivity index (χ3n) is 4.91. The zero-order chi connectivity index (χ0) is 19.1. The Hall–Kier alpha value is -2.61. The Labute approximate surface area is 159 Å². The minimum absolute atomic E-state index is 0.146. The van der Waals surface area contributed by atoms with E-state index in [0.717, 1.165) is 50.6 Å². The van der Waals surface area contributed by atoms with Crippen LogP contribution in [0, 0.1) is 0 Å². The van der Waals surface area contributed by atoms with Crippen LogP contribution in [-0.2, 0) is 19.6 Å². The van der Waals surface area contributed by atoms with Crippen LogP contribution in [0.25, 0.3) is 0 Å². The highest BCUT2D eigenvalue weighted by atomic mass is 16.5. The van der Waals surface area contributed by atoms with E-state index in [-0.39, 0.29) is 12.1 Å². The highest BCUT2D eigenvalue weighted by molar-refractivity contribution is 5.74. The number of amides is 2. The molecule has 8 heteroatoms. The van der Waals surface area contributed by atoms with Gasteiger partial charge in [0.05, 0.1) is 13.7 Å². The first-order valence-electron chi connectivity index (χ1n) is 9.44. The molecule has 0 saturated carbocycles. The molecule has 1 saturated heterocycles. The summed E-state index contributed by atoms with van der Waals surface area (Å²) >= 11 is 0. The minimum atomic E-state index is -0.146. The topological polar surface area (TPSA) is 84.3 Å². The summed E-state index contributed by atoms with van der Waals surface area (Å²) in [4.78, 5) is 14.6. The lowest BCUT2D eigenvalue weighted by atomic mass is 10.0. The molecule has 2 amide bonds. The molecule has 27 heavy (non-hydrogen) atoms. The Kier molecular flexibility index (Phi) is 6.64. The van der Waals surface area contributed by atoms with Gasteiger partial charge in [-0.05, 0) is 37.5 Å². The van der Waals surface area contributed by atoms with Crippen molar-refractivity contribution in [2.75, 3.05) is 20.2 Å². The van der Waals surface area contributed by atoms with E-state index < -0.39 is 0 Å². The maximum atomic E-state index is 12.1. The van der Waals surface area contributed by atoms with Gasteiger partial charge in [-0.15, -0.1) is 10.2 Å². The van der Waals surface area contributed by atoms with Crippen LogP contribution in [0.4, 0.5) is 4.79 Å². The van der Waals surface area contributed by atoms with Gasteiger partial charge in [0, 0.05) is 32.2 Å². The van der Waals surface area contributed by atoms with Crippen molar-refractivity contribution in [3.05, 3.63) is 42.0 Å². The highest BCUT2D eigenvalue weighted by Crippen LogP contribution is 2.17. The first kappa shape index (κ1) is 19.2. The molecular weight excluding hydrogens is 344 g/mol. The molecule has 1 aromatic carbocycles. The molecule has 146 valence electrons. The van der Waals surface area contributed by atoms with Crippen molar-refractivity contribution in [3.63, 3.8) is 0 Å². The first-order chi connectivity index (χ1) is 13.2. The van der Waals surface area contributed by atoms with Crippen molar-refractivity contribution in [3.8, 4) is 5.75 Å². The number of rotatable bonds is 7. The summed E-state index contributed by atoms with van der Waals surface area (Å²) < 4.78 is 7.20. The van der Waals surface area contributed by atoms with Gasteiger partial charge in [0.2, 0.25) is 0 Å². The van der Waals surface area contributed by atoms with Crippen LogP contribution in [0.5, 0.6) is 5.75 Å². The van der Waals surface area contributed by atoms with E-state index in [1.54, 1.807) is 13.4 Å². The van der Waals surface area contributed by atoms with Crippen molar-refractivity contribution in [1.82, 2.24) is 30.3 Å². The SMILES string of the molecule is CCn1cnnc1CNC(=O)NC1CCN(Cc2cccc(OC)c2)CC1. The Morgan fingerprint density at radius 3 is 2.89 bits per heavy atom. The average molecular weight is 372 g/mol. The van der Waals surface area contributed by atoms with Gasteiger partial charge < -0.3 is 19.9 Å². The molecule has 1 aromatic heterocycles. The van der Waals surface area contributed by atoms with E-state index in [1.807, 2.05) is 23.6 Å². The van der Waals surface area contributed by atoms with Crippen molar-refractivity contribution in [1.29, 1.82) is 0 Å². The van der Waals surface area contributed by atoms with Gasteiger partial charge in [-0.1, -0.05) is 12.1 Å². The van der Waals surface area contributed by atoms with Gasteiger partial charge in [0.1, 0.15) is 12.1 Å². The number of benzene rings is 1. The monoisotopic (exact) mass is 372 g/mol. The number of nitrogens with zero attached hydrogens (tertiary/aromatic N) is 4. The number of hydrogen-bond acceptors (Lipinski definition) is 5. The van der Waals surface area contributed by atoms with Crippen LogP contribution in [0.1, 0.15) is 31.2 Å². The van der Waals surface area contributed by atoms with Crippen molar-refractivity contribution in [2.45, 2.75) is 45.4 Å². The van der Waals surface area contributed by atoms with E-state index in [0.29, 0.717) is 6.54 Å². The number of nitrogens with one attached hydrogen (secondary N) is 2. The fraction of sp³-hybridized carbons (Fsp3) is 0.526. The fourth-order valence-corrected chi connectivity index (χ4v) is 3.34. The summed E-state index contributed by atoms with van der Waals surface area (Å²) in [5.74, 6) is 1.65. The van der Waals surface area contributed by atoms with Crippen molar-refractivity contribution >= 4 is 6.03 Å².